The lowest BCUT2D eigenvalue weighted by atomic mass is 10.3. The Kier molecular flexibility index (Phi) is 7.78. The highest BCUT2D eigenvalue weighted by molar-refractivity contribution is 8.02. The summed E-state index contributed by atoms with van der Waals surface area (Å²) in [6.45, 7) is 5.87. The van der Waals surface area contributed by atoms with Crippen LogP contribution in [0, 0.1) is 0 Å². The summed E-state index contributed by atoms with van der Waals surface area (Å²) >= 11 is 8.81. The fraction of sp³-hybridized carbons (Fsp3) is 0.500. The van der Waals surface area contributed by atoms with E-state index < -0.39 is 0 Å². The van der Waals surface area contributed by atoms with Crippen LogP contribution in [0.25, 0.3) is 0 Å². The third-order valence-electron chi connectivity index (χ3n) is 4.19. The maximum Gasteiger partial charge on any atom is 0.235 e. The summed E-state index contributed by atoms with van der Waals surface area (Å²) < 4.78 is 11.8. The molecule has 0 radical (unpaired) electrons. The molecule has 1 fully saturated rings. The number of morpholine rings is 1. The van der Waals surface area contributed by atoms with Crippen LogP contribution in [0.15, 0.2) is 28.6 Å². The minimum Gasteiger partial charge on any atom is -0.492 e. The highest BCUT2D eigenvalue weighted by Crippen LogP contribution is 2.31. The lowest BCUT2D eigenvalue weighted by molar-refractivity contribution is -0.129. The van der Waals surface area contributed by atoms with Gasteiger partial charge in [0, 0.05) is 25.2 Å². The minimum atomic E-state index is -0.244. The Morgan fingerprint density at radius 1 is 1.36 bits per heavy atom. The van der Waals surface area contributed by atoms with E-state index in [-0.39, 0.29) is 11.2 Å². The van der Waals surface area contributed by atoms with E-state index in [9.17, 15) is 4.79 Å². The number of halogens is 1. The molecule has 28 heavy (non-hydrogen) atoms. The number of hydrogen-bond donors (Lipinski definition) is 0. The summed E-state index contributed by atoms with van der Waals surface area (Å²) in [6, 6.07) is 7.17. The average molecular weight is 443 g/mol. The Bertz CT molecular complexity index is 768. The molecule has 10 heteroatoms. The number of nitrogens with zero attached hydrogens (tertiary/aromatic N) is 4. The third-order valence-corrected chi connectivity index (χ3v) is 6.60. The summed E-state index contributed by atoms with van der Waals surface area (Å²) in [7, 11) is 1.78. The van der Waals surface area contributed by atoms with Crippen molar-refractivity contribution in [1.82, 2.24) is 15.1 Å². The summed E-state index contributed by atoms with van der Waals surface area (Å²) in [5.74, 6) is 0.769. The molecule has 0 saturated carbocycles. The molecular formula is C18H23ClN4O3S2. The number of hydrogen-bond acceptors (Lipinski definition) is 8. The predicted octanol–water partition coefficient (Wildman–Crippen LogP) is 3.05. The van der Waals surface area contributed by atoms with Gasteiger partial charge in [-0.1, -0.05) is 34.7 Å². The number of aromatic nitrogens is 2. The molecule has 1 unspecified atom stereocenters. The molecule has 2 heterocycles. The van der Waals surface area contributed by atoms with Gasteiger partial charge in [0.15, 0.2) is 4.34 Å². The topological polar surface area (TPSA) is 67.8 Å². The van der Waals surface area contributed by atoms with Crippen molar-refractivity contribution in [2.45, 2.75) is 16.5 Å². The maximum atomic E-state index is 12.6. The number of ether oxygens (including phenoxy) is 2. The molecule has 2 aromatic rings. The zero-order valence-corrected chi connectivity index (χ0v) is 18.2. The quantitative estimate of drug-likeness (QED) is 0.582. The van der Waals surface area contributed by atoms with Gasteiger partial charge in [-0.2, -0.15) is 0 Å². The number of likely N-dealkylation sites (N-methyl/N-ethyl adjacent to an activating group) is 1. The predicted molar refractivity (Wildman–Crippen MR) is 113 cm³/mol. The van der Waals surface area contributed by atoms with Gasteiger partial charge < -0.3 is 19.3 Å². The highest BCUT2D eigenvalue weighted by Gasteiger charge is 2.22. The molecule has 0 spiro atoms. The second kappa shape index (κ2) is 10.3. The summed E-state index contributed by atoms with van der Waals surface area (Å²) in [4.78, 5) is 16.4. The van der Waals surface area contributed by atoms with Gasteiger partial charge in [-0.25, -0.2) is 0 Å². The molecule has 1 aromatic heterocycles. The molecule has 0 bridgehead atoms. The molecule has 1 aliphatic heterocycles. The monoisotopic (exact) mass is 442 g/mol. The zero-order valence-electron chi connectivity index (χ0n) is 15.8. The van der Waals surface area contributed by atoms with E-state index in [2.05, 4.69) is 15.1 Å². The number of amides is 1. The van der Waals surface area contributed by atoms with Crippen LogP contribution in [0.3, 0.4) is 0 Å². The number of thioether (sulfide) groups is 1. The van der Waals surface area contributed by atoms with Gasteiger partial charge in [-0.05, 0) is 31.2 Å². The van der Waals surface area contributed by atoms with Crippen LogP contribution in [0.1, 0.15) is 6.92 Å². The molecule has 1 atom stereocenters. The normalized spacial score (nSPS) is 15.3. The van der Waals surface area contributed by atoms with E-state index in [1.165, 1.54) is 23.1 Å². The number of benzene rings is 1. The number of carbonyl (C=O) groups is 1. The van der Waals surface area contributed by atoms with Gasteiger partial charge >= 0.3 is 0 Å². The molecular weight excluding hydrogens is 420 g/mol. The van der Waals surface area contributed by atoms with Gasteiger partial charge in [0.05, 0.1) is 25.0 Å². The van der Waals surface area contributed by atoms with Crippen LogP contribution < -0.4 is 9.64 Å². The zero-order chi connectivity index (χ0) is 19.9. The Labute approximate surface area is 178 Å². The number of anilines is 1. The Morgan fingerprint density at radius 3 is 2.79 bits per heavy atom. The molecule has 1 saturated heterocycles. The molecule has 7 nitrogen and oxygen atoms in total. The van der Waals surface area contributed by atoms with Crippen LogP contribution in [0.2, 0.25) is 5.02 Å². The van der Waals surface area contributed by atoms with Gasteiger partial charge in [-0.3, -0.25) is 4.79 Å². The van der Waals surface area contributed by atoms with Crippen molar-refractivity contribution in [3.63, 3.8) is 0 Å². The van der Waals surface area contributed by atoms with Crippen molar-refractivity contribution in [2.24, 2.45) is 0 Å². The average Bonchev–Trinajstić information content (AvgIpc) is 3.18. The molecule has 1 aliphatic rings. The minimum absolute atomic E-state index is 0.0350. The van der Waals surface area contributed by atoms with E-state index in [1.807, 2.05) is 19.1 Å². The van der Waals surface area contributed by atoms with Crippen molar-refractivity contribution >= 4 is 45.7 Å². The van der Waals surface area contributed by atoms with Gasteiger partial charge in [0.25, 0.3) is 0 Å². The standard InChI is InChI=1S/C18H23ClN4O3S2/c1-13(27-18-21-20-17(28-18)23-8-10-25-11-9-23)16(24)22(2)7-12-26-15-5-3-14(19)4-6-15/h3-6,13H,7-12H2,1-2H3. The first-order chi connectivity index (χ1) is 13.5. The lowest BCUT2D eigenvalue weighted by Gasteiger charge is -2.25. The van der Waals surface area contributed by atoms with Crippen molar-refractivity contribution in [2.75, 3.05) is 51.4 Å². The summed E-state index contributed by atoms with van der Waals surface area (Å²) in [5.41, 5.74) is 0. The molecule has 1 amide bonds. The number of rotatable bonds is 8. The molecule has 152 valence electrons. The molecule has 1 aromatic carbocycles. The second-order valence-corrected chi connectivity index (χ2v) is 9.25. The Balaban J connectivity index is 1.44. The van der Waals surface area contributed by atoms with E-state index in [0.29, 0.717) is 31.4 Å². The van der Waals surface area contributed by atoms with E-state index in [1.54, 1.807) is 24.1 Å². The van der Waals surface area contributed by atoms with E-state index in [0.717, 1.165) is 28.3 Å². The smallest absolute Gasteiger partial charge is 0.235 e. The first kappa shape index (κ1) is 21.2. The van der Waals surface area contributed by atoms with Crippen LogP contribution in [0.4, 0.5) is 5.13 Å². The molecule has 0 aliphatic carbocycles. The van der Waals surface area contributed by atoms with Crippen LogP contribution in [-0.4, -0.2) is 72.8 Å². The van der Waals surface area contributed by atoms with Gasteiger partial charge in [-0.15, -0.1) is 10.2 Å². The molecule has 3 rings (SSSR count). The summed E-state index contributed by atoms with van der Waals surface area (Å²) in [5, 5.41) is 9.78. The van der Waals surface area contributed by atoms with Crippen molar-refractivity contribution < 1.29 is 14.3 Å². The van der Waals surface area contributed by atoms with Gasteiger partial charge in [0.1, 0.15) is 12.4 Å². The highest BCUT2D eigenvalue weighted by atomic mass is 35.5. The molecule has 0 N–H and O–H groups in total. The van der Waals surface area contributed by atoms with Gasteiger partial charge in [0.2, 0.25) is 11.0 Å². The first-order valence-electron chi connectivity index (χ1n) is 8.99. The Hall–Kier alpha value is -1.55. The van der Waals surface area contributed by atoms with Crippen molar-refractivity contribution in [1.29, 1.82) is 0 Å². The van der Waals surface area contributed by atoms with Crippen LogP contribution >= 0.6 is 34.7 Å². The van der Waals surface area contributed by atoms with Crippen molar-refractivity contribution in [3.05, 3.63) is 29.3 Å². The van der Waals surface area contributed by atoms with E-state index in [4.69, 9.17) is 21.1 Å². The largest absolute Gasteiger partial charge is 0.492 e. The second-order valence-electron chi connectivity index (χ2n) is 6.27. The van der Waals surface area contributed by atoms with Crippen LogP contribution in [0.5, 0.6) is 5.75 Å². The van der Waals surface area contributed by atoms with Crippen molar-refractivity contribution in [3.8, 4) is 5.75 Å². The SMILES string of the molecule is CC(Sc1nnc(N2CCOCC2)s1)C(=O)N(C)CCOc1ccc(Cl)cc1. The Morgan fingerprint density at radius 2 is 2.07 bits per heavy atom. The third kappa shape index (κ3) is 5.97. The fourth-order valence-corrected chi connectivity index (χ4v) is 4.86. The maximum absolute atomic E-state index is 12.6. The number of carbonyl (C=O) groups excluding carboxylic acids is 1. The summed E-state index contributed by atoms with van der Waals surface area (Å²) in [6.07, 6.45) is 0. The van der Waals surface area contributed by atoms with E-state index >= 15 is 0 Å². The fourth-order valence-electron chi connectivity index (χ4n) is 2.59. The van der Waals surface area contributed by atoms with Crippen LogP contribution in [-0.2, 0) is 9.53 Å². The first-order valence-corrected chi connectivity index (χ1v) is 11.1. The lowest BCUT2D eigenvalue weighted by Crippen LogP contribution is -2.36.